The van der Waals surface area contributed by atoms with Crippen molar-refractivity contribution >= 4 is 5.78 Å². The third-order valence-corrected chi connectivity index (χ3v) is 2.11. The topological polar surface area (TPSA) is 17.1 Å². The van der Waals surface area contributed by atoms with E-state index in [0.717, 1.165) is 11.1 Å². The van der Waals surface area contributed by atoms with Gasteiger partial charge in [0.1, 0.15) is 0 Å². The van der Waals surface area contributed by atoms with Crippen LogP contribution in [0.2, 0.25) is 0 Å². The molecule has 0 saturated heterocycles. The minimum Gasteiger partial charge on any atom is -0.289 e. The lowest BCUT2D eigenvalue weighted by Crippen LogP contribution is -1.92. The van der Waals surface area contributed by atoms with Crippen molar-refractivity contribution in [1.82, 2.24) is 0 Å². The van der Waals surface area contributed by atoms with Crippen LogP contribution in [0.3, 0.4) is 0 Å². The molecule has 0 aliphatic heterocycles. The van der Waals surface area contributed by atoms with Crippen LogP contribution in [0.4, 0.5) is 0 Å². The van der Waals surface area contributed by atoms with Crippen LogP contribution in [0, 0.1) is 0 Å². The lowest BCUT2D eigenvalue weighted by Gasteiger charge is -1.94. The zero-order chi connectivity index (χ0) is 11.8. The number of ketones is 1. The highest BCUT2D eigenvalue weighted by atomic mass is 16.1. The molecule has 0 N–H and O–H groups in total. The molecule has 0 aliphatic rings. The average Bonchev–Trinajstić information content (AvgIpc) is 2.34. The number of carbonyl (C=O) groups is 1. The monoisotopic (exact) mass is 212 g/mol. The molecule has 0 atom stereocenters. The highest BCUT2D eigenvalue weighted by Crippen LogP contribution is 2.03. The maximum Gasteiger partial charge on any atom is 0.185 e. The van der Waals surface area contributed by atoms with Crippen molar-refractivity contribution in [2.24, 2.45) is 0 Å². The van der Waals surface area contributed by atoms with E-state index in [2.05, 4.69) is 0 Å². The first-order valence-electron chi connectivity index (χ1n) is 5.31. The van der Waals surface area contributed by atoms with Gasteiger partial charge in [0.05, 0.1) is 0 Å². The largest absolute Gasteiger partial charge is 0.289 e. The van der Waals surface area contributed by atoms with Crippen LogP contribution in [0.15, 0.2) is 66.3 Å². The molecule has 82 valence electrons. The molecule has 1 heteroatoms. The molecule has 1 aromatic carbocycles. The molecule has 0 aliphatic carbocycles. The van der Waals surface area contributed by atoms with E-state index in [9.17, 15) is 4.79 Å². The van der Waals surface area contributed by atoms with E-state index in [-0.39, 0.29) is 5.78 Å². The summed E-state index contributed by atoms with van der Waals surface area (Å²) in [5.41, 5.74) is 1.78. The van der Waals surface area contributed by atoms with Crippen molar-refractivity contribution in [3.05, 3.63) is 71.8 Å². The average molecular weight is 212 g/mol. The van der Waals surface area contributed by atoms with Crippen molar-refractivity contribution in [2.45, 2.75) is 13.8 Å². The summed E-state index contributed by atoms with van der Waals surface area (Å²) in [5, 5.41) is 0. The molecule has 0 fully saturated rings. The molecular formula is C15H16O. The minimum atomic E-state index is 0.0360. The number of allylic oxidation sites excluding steroid dienone is 6. The fraction of sp³-hybridized carbons (Fsp3) is 0.133. The third kappa shape index (κ3) is 4.09. The predicted octanol–water partition coefficient (Wildman–Crippen LogP) is 3.95. The number of rotatable bonds is 4. The first-order valence-corrected chi connectivity index (χ1v) is 5.31. The second-order valence-corrected chi connectivity index (χ2v) is 3.50. The van der Waals surface area contributed by atoms with Gasteiger partial charge in [-0.2, -0.15) is 0 Å². The second kappa shape index (κ2) is 6.57. The first-order chi connectivity index (χ1) is 7.74. The number of hydrogen-bond acceptors (Lipinski definition) is 1. The van der Waals surface area contributed by atoms with Crippen LogP contribution in [0.1, 0.15) is 24.2 Å². The molecule has 1 aromatic rings. The summed E-state index contributed by atoms with van der Waals surface area (Å²) in [7, 11) is 0. The van der Waals surface area contributed by atoms with Crippen LogP contribution < -0.4 is 0 Å². The highest BCUT2D eigenvalue weighted by molar-refractivity contribution is 6.04. The van der Waals surface area contributed by atoms with Crippen molar-refractivity contribution in [3.63, 3.8) is 0 Å². The SMILES string of the molecule is C\C=C/C=C(C)/C=C/C(=O)c1ccccc1. The van der Waals surface area contributed by atoms with Gasteiger partial charge in [0.2, 0.25) is 0 Å². The summed E-state index contributed by atoms with van der Waals surface area (Å²) < 4.78 is 0. The van der Waals surface area contributed by atoms with E-state index < -0.39 is 0 Å². The standard InChI is InChI=1S/C15H16O/c1-3-4-8-13(2)11-12-15(16)14-9-6-5-7-10-14/h3-12H,1-2H3/b4-3-,12-11+,13-8+. The summed E-state index contributed by atoms with van der Waals surface area (Å²) in [6, 6.07) is 9.26. The molecule has 0 heterocycles. The van der Waals surface area contributed by atoms with E-state index in [0.29, 0.717) is 0 Å². The highest BCUT2D eigenvalue weighted by Gasteiger charge is 1.98. The Morgan fingerprint density at radius 2 is 1.81 bits per heavy atom. The van der Waals surface area contributed by atoms with E-state index in [4.69, 9.17) is 0 Å². The van der Waals surface area contributed by atoms with E-state index in [1.807, 2.05) is 68.5 Å². The second-order valence-electron chi connectivity index (χ2n) is 3.50. The molecular weight excluding hydrogens is 196 g/mol. The molecule has 16 heavy (non-hydrogen) atoms. The fourth-order valence-electron chi connectivity index (χ4n) is 1.21. The lowest BCUT2D eigenvalue weighted by molar-refractivity contribution is 0.104. The number of benzene rings is 1. The Morgan fingerprint density at radius 1 is 1.12 bits per heavy atom. The van der Waals surface area contributed by atoms with Crippen LogP contribution in [0.5, 0.6) is 0 Å². The van der Waals surface area contributed by atoms with Gasteiger partial charge in [-0.3, -0.25) is 4.79 Å². The quantitative estimate of drug-likeness (QED) is 0.419. The van der Waals surface area contributed by atoms with Crippen LogP contribution >= 0.6 is 0 Å². The predicted molar refractivity (Wildman–Crippen MR) is 68.5 cm³/mol. The van der Waals surface area contributed by atoms with Crippen molar-refractivity contribution in [3.8, 4) is 0 Å². The number of hydrogen-bond donors (Lipinski definition) is 0. The molecule has 1 nitrogen and oxygen atoms in total. The minimum absolute atomic E-state index is 0.0360. The maximum atomic E-state index is 11.7. The van der Waals surface area contributed by atoms with E-state index in [1.54, 1.807) is 6.08 Å². The van der Waals surface area contributed by atoms with Gasteiger partial charge in [-0.1, -0.05) is 60.2 Å². The zero-order valence-corrected chi connectivity index (χ0v) is 9.68. The van der Waals surface area contributed by atoms with Gasteiger partial charge in [0, 0.05) is 5.56 Å². The maximum absolute atomic E-state index is 11.7. The summed E-state index contributed by atoms with van der Waals surface area (Å²) >= 11 is 0. The van der Waals surface area contributed by atoms with Gasteiger partial charge < -0.3 is 0 Å². The van der Waals surface area contributed by atoms with Gasteiger partial charge in [0.15, 0.2) is 5.78 Å². The van der Waals surface area contributed by atoms with Crippen molar-refractivity contribution in [1.29, 1.82) is 0 Å². The van der Waals surface area contributed by atoms with Gasteiger partial charge in [-0.25, -0.2) is 0 Å². The van der Waals surface area contributed by atoms with Crippen LogP contribution in [-0.2, 0) is 0 Å². The summed E-state index contributed by atoms with van der Waals surface area (Å²) in [5.74, 6) is 0.0360. The summed E-state index contributed by atoms with van der Waals surface area (Å²) in [4.78, 5) is 11.7. The summed E-state index contributed by atoms with van der Waals surface area (Å²) in [6.07, 6.45) is 9.30. The third-order valence-electron chi connectivity index (χ3n) is 2.11. The Balaban J connectivity index is 2.69. The van der Waals surface area contributed by atoms with Crippen molar-refractivity contribution in [2.75, 3.05) is 0 Å². The molecule has 0 saturated carbocycles. The Kier molecular flexibility index (Phi) is 5.00. The Labute approximate surface area is 96.8 Å². The smallest absolute Gasteiger partial charge is 0.185 e. The van der Waals surface area contributed by atoms with Crippen LogP contribution in [-0.4, -0.2) is 5.78 Å². The Bertz CT molecular complexity index is 422. The zero-order valence-electron chi connectivity index (χ0n) is 9.68. The molecule has 1 rings (SSSR count). The molecule has 0 aromatic heterocycles. The molecule has 0 spiro atoms. The van der Waals surface area contributed by atoms with E-state index >= 15 is 0 Å². The van der Waals surface area contributed by atoms with Crippen molar-refractivity contribution < 1.29 is 4.79 Å². The van der Waals surface area contributed by atoms with Gasteiger partial charge in [-0.15, -0.1) is 0 Å². The first kappa shape index (κ1) is 12.2. The Hall–Kier alpha value is -1.89. The molecule has 0 bridgehead atoms. The fourth-order valence-corrected chi connectivity index (χ4v) is 1.21. The van der Waals surface area contributed by atoms with Gasteiger partial charge in [0.25, 0.3) is 0 Å². The molecule has 0 unspecified atom stereocenters. The lowest BCUT2D eigenvalue weighted by atomic mass is 10.1. The Morgan fingerprint density at radius 3 is 2.44 bits per heavy atom. The molecule has 0 amide bonds. The van der Waals surface area contributed by atoms with E-state index in [1.165, 1.54) is 0 Å². The number of carbonyl (C=O) groups excluding carboxylic acids is 1. The van der Waals surface area contributed by atoms with Gasteiger partial charge >= 0.3 is 0 Å². The molecule has 0 radical (unpaired) electrons. The normalized spacial score (nSPS) is 12.5. The van der Waals surface area contributed by atoms with Gasteiger partial charge in [-0.05, 0) is 19.9 Å². The van der Waals surface area contributed by atoms with Crippen LogP contribution in [0.25, 0.3) is 0 Å². The summed E-state index contributed by atoms with van der Waals surface area (Å²) in [6.45, 7) is 3.93.